The van der Waals surface area contributed by atoms with Crippen molar-refractivity contribution >= 4 is 5.57 Å². The van der Waals surface area contributed by atoms with Crippen LogP contribution in [0.15, 0.2) is 42.5 Å². The van der Waals surface area contributed by atoms with Crippen LogP contribution in [-0.4, -0.2) is 7.11 Å². The summed E-state index contributed by atoms with van der Waals surface area (Å²) in [6.45, 7) is 3.60. The molecule has 0 saturated carbocycles. The number of hydrogen-bond donors (Lipinski definition) is 0. The van der Waals surface area contributed by atoms with Crippen molar-refractivity contribution in [1.82, 2.24) is 0 Å². The van der Waals surface area contributed by atoms with Crippen molar-refractivity contribution in [1.29, 1.82) is 0 Å². The molecule has 1 aliphatic rings. The van der Waals surface area contributed by atoms with Gasteiger partial charge in [-0.3, -0.25) is 0 Å². The zero-order chi connectivity index (χ0) is 18.1. The minimum atomic E-state index is -1.41. The molecule has 0 radical (unpaired) electrons. The van der Waals surface area contributed by atoms with Crippen LogP contribution in [0.1, 0.15) is 24.8 Å². The van der Waals surface area contributed by atoms with E-state index in [0.29, 0.717) is 30.6 Å². The molecular weight excluding hydrogens is 332 g/mol. The zero-order valence-corrected chi connectivity index (χ0v) is 13.6. The van der Waals surface area contributed by atoms with Crippen LogP contribution in [0.5, 0.6) is 5.75 Å². The van der Waals surface area contributed by atoms with Gasteiger partial charge in [-0.2, -0.15) is 0 Å². The van der Waals surface area contributed by atoms with Gasteiger partial charge in [-0.1, -0.05) is 24.8 Å². The number of rotatable bonds is 4. The predicted octanol–water partition coefficient (Wildman–Crippen LogP) is 6.04. The second-order valence-corrected chi connectivity index (χ2v) is 5.80. The van der Waals surface area contributed by atoms with Crippen LogP contribution in [0.3, 0.4) is 0 Å². The summed E-state index contributed by atoms with van der Waals surface area (Å²) in [7, 11) is 1.39. The third-order valence-corrected chi connectivity index (χ3v) is 4.43. The van der Waals surface area contributed by atoms with E-state index < -0.39 is 34.4 Å². The summed E-state index contributed by atoms with van der Waals surface area (Å²) < 4.78 is 63.6. The summed E-state index contributed by atoms with van der Waals surface area (Å²) >= 11 is 0. The Balaban J connectivity index is 2.26. The van der Waals surface area contributed by atoms with Gasteiger partial charge in [0.2, 0.25) is 0 Å². The van der Waals surface area contributed by atoms with E-state index in [-0.39, 0.29) is 11.1 Å². The largest absolute Gasteiger partial charge is 0.497 e. The van der Waals surface area contributed by atoms with Gasteiger partial charge in [0.1, 0.15) is 5.75 Å². The normalized spacial score (nSPS) is 14.1. The highest BCUT2D eigenvalue weighted by atomic mass is 19.2. The van der Waals surface area contributed by atoms with Gasteiger partial charge in [0.15, 0.2) is 23.3 Å². The summed E-state index contributed by atoms with van der Waals surface area (Å²) in [5, 5.41) is 0. The van der Waals surface area contributed by atoms with Crippen molar-refractivity contribution < 1.29 is 22.3 Å². The fraction of sp³-hybridized carbons (Fsp3) is 0.200. The minimum absolute atomic E-state index is 0.00282. The molecule has 0 spiro atoms. The smallest absolute Gasteiger partial charge is 0.170 e. The van der Waals surface area contributed by atoms with Crippen molar-refractivity contribution in [2.45, 2.75) is 19.3 Å². The SMILES string of the molecule is C=CC1=C(c2c(F)c(F)c(-c3cccc(OC)c3)c(F)c2F)CCC1. The molecule has 130 valence electrons. The molecule has 0 bridgehead atoms. The van der Waals surface area contributed by atoms with E-state index in [9.17, 15) is 17.6 Å². The van der Waals surface area contributed by atoms with Crippen molar-refractivity contribution in [2.75, 3.05) is 7.11 Å². The highest BCUT2D eigenvalue weighted by molar-refractivity contribution is 5.77. The van der Waals surface area contributed by atoms with Crippen LogP contribution in [0.25, 0.3) is 16.7 Å². The van der Waals surface area contributed by atoms with Crippen LogP contribution in [-0.2, 0) is 0 Å². The average Bonchev–Trinajstić information content (AvgIpc) is 3.09. The first-order chi connectivity index (χ1) is 12.0. The topological polar surface area (TPSA) is 9.23 Å². The number of ether oxygens (including phenoxy) is 1. The van der Waals surface area contributed by atoms with Gasteiger partial charge in [-0.15, -0.1) is 0 Å². The van der Waals surface area contributed by atoms with E-state index in [1.807, 2.05) is 0 Å². The molecule has 0 N–H and O–H groups in total. The number of hydrogen-bond acceptors (Lipinski definition) is 1. The summed E-state index contributed by atoms with van der Waals surface area (Å²) in [6.07, 6.45) is 3.08. The van der Waals surface area contributed by atoms with Gasteiger partial charge in [0.25, 0.3) is 0 Å². The van der Waals surface area contributed by atoms with E-state index in [1.54, 1.807) is 6.07 Å². The lowest BCUT2D eigenvalue weighted by molar-refractivity contribution is 0.414. The van der Waals surface area contributed by atoms with Gasteiger partial charge < -0.3 is 4.74 Å². The third kappa shape index (κ3) is 2.84. The molecular formula is C20H16F4O. The highest BCUT2D eigenvalue weighted by Crippen LogP contribution is 2.41. The Morgan fingerprint density at radius 3 is 2.20 bits per heavy atom. The number of halogens is 4. The molecule has 0 unspecified atom stereocenters. The fourth-order valence-electron chi connectivity index (χ4n) is 3.21. The Morgan fingerprint density at radius 2 is 1.60 bits per heavy atom. The standard InChI is InChI=1S/C20H16F4O/c1-3-11-6-5-9-14(11)16-19(23)17(21)15(18(22)20(16)24)12-7-4-8-13(10-12)25-2/h3-4,7-8,10H,1,5-6,9H2,2H3. The van der Waals surface area contributed by atoms with E-state index >= 15 is 0 Å². The van der Waals surface area contributed by atoms with Gasteiger partial charge >= 0.3 is 0 Å². The first-order valence-electron chi connectivity index (χ1n) is 7.84. The lowest BCUT2D eigenvalue weighted by Gasteiger charge is -2.14. The minimum Gasteiger partial charge on any atom is -0.497 e. The lowest BCUT2D eigenvalue weighted by atomic mass is 9.95. The number of benzene rings is 2. The van der Waals surface area contributed by atoms with E-state index in [0.717, 1.165) is 0 Å². The first-order valence-corrected chi connectivity index (χ1v) is 7.84. The molecule has 0 fully saturated rings. The summed E-state index contributed by atoms with van der Waals surface area (Å²) in [4.78, 5) is 0. The molecule has 2 aromatic rings. The fourth-order valence-corrected chi connectivity index (χ4v) is 3.21. The maximum absolute atomic E-state index is 14.7. The van der Waals surface area contributed by atoms with Gasteiger partial charge in [0.05, 0.1) is 18.2 Å². The molecule has 0 heterocycles. The van der Waals surface area contributed by atoms with Crippen molar-refractivity contribution in [2.24, 2.45) is 0 Å². The quantitative estimate of drug-likeness (QED) is 0.483. The molecule has 0 atom stereocenters. The van der Waals surface area contributed by atoms with Crippen LogP contribution in [0.4, 0.5) is 17.6 Å². The van der Waals surface area contributed by atoms with Crippen molar-refractivity contribution in [3.63, 3.8) is 0 Å². The van der Waals surface area contributed by atoms with Crippen LogP contribution in [0.2, 0.25) is 0 Å². The maximum atomic E-state index is 14.7. The second kappa shape index (κ2) is 6.75. The summed E-state index contributed by atoms with van der Waals surface area (Å²) in [5.74, 6) is -5.26. The molecule has 25 heavy (non-hydrogen) atoms. The van der Waals surface area contributed by atoms with Crippen LogP contribution in [0, 0.1) is 23.3 Å². The van der Waals surface area contributed by atoms with Crippen molar-refractivity contribution in [3.8, 4) is 16.9 Å². The van der Waals surface area contributed by atoms with Crippen LogP contribution < -0.4 is 4.74 Å². The molecule has 0 aliphatic heterocycles. The zero-order valence-electron chi connectivity index (χ0n) is 13.6. The maximum Gasteiger partial charge on any atom is 0.170 e. The Kier molecular flexibility index (Phi) is 4.66. The predicted molar refractivity (Wildman–Crippen MR) is 89.2 cm³/mol. The molecule has 1 aliphatic carbocycles. The summed E-state index contributed by atoms with van der Waals surface area (Å²) in [5.41, 5.74) is -0.473. The van der Waals surface area contributed by atoms with Gasteiger partial charge in [-0.25, -0.2) is 17.6 Å². The van der Waals surface area contributed by atoms with Gasteiger partial charge in [-0.05, 0) is 48.1 Å². The monoisotopic (exact) mass is 348 g/mol. The van der Waals surface area contributed by atoms with Crippen LogP contribution >= 0.6 is 0 Å². The molecule has 5 heteroatoms. The third-order valence-electron chi connectivity index (χ3n) is 4.43. The molecule has 0 amide bonds. The first kappa shape index (κ1) is 17.3. The van der Waals surface area contributed by atoms with E-state index in [2.05, 4.69) is 6.58 Å². The molecule has 1 nitrogen and oxygen atoms in total. The Hall–Kier alpha value is -2.56. The Morgan fingerprint density at radius 1 is 0.960 bits per heavy atom. The number of allylic oxidation sites excluding steroid dienone is 3. The van der Waals surface area contributed by atoms with Gasteiger partial charge in [0, 0.05) is 0 Å². The molecule has 2 aromatic carbocycles. The molecule has 0 saturated heterocycles. The molecule has 3 rings (SSSR count). The molecule has 0 aromatic heterocycles. The van der Waals surface area contributed by atoms with Crippen molar-refractivity contribution in [3.05, 3.63) is 71.3 Å². The number of methoxy groups -OCH3 is 1. The summed E-state index contributed by atoms with van der Waals surface area (Å²) in [6, 6.07) is 5.75. The second-order valence-electron chi connectivity index (χ2n) is 5.80. The van der Waals surface area contributed by atoms with E-state index in [1.165, 1.54) is 31.4 Å². The lowest BCUT2D eigenvalue weighted by Crippen LogP contribution is -2.06. The Bertz CT molecular complexity index is 855. The Labute approximate surface area is 143 Å². The highest BCUT2D eigenvalue weighted by Gasteiger charge is 2.30. The van der Waals surface area contributed by atoms with E-state index in [4.69, 9.17) is 4.74 Å². The average molecular weight is 348 g/mol.